The van der Waals surface area contributed by atoms with Crippen LogP contribution in [0.1, 0.15) is 16.8 Å². The summed E-state index contributed by atoms with van der Waals surface area (Å²) in [6.45, 7) is 5.71. The molecular weight excluding hydrogens is 398 g/mol. The molecule has 0 saturated heterocycles. The van der Waals surface area contributed by atoms with E-state index < -0.39 is 0 Å². The first kappa shape index (κ1) is 20.4. The quantitative estimate of drug-likeness (QED) is 0.503. The Morgan fingerprint density at radius 3 is 2.32 bits per heavy atom. The molecule has 9 nitrogen and oxygen atoms in total. The fourth-order valence-electron chi connectivity index (χ4n) is 3.75. The van der Waals surface area contributed by atoms with Crippen molar-refractivity contribution in [2.75, 3.05) is 26.6 Å². The zero-order chi connectivity index (χ0) is 22.3. The topological polar surface area (TPSA) is 111 Å². The average Bonchev–Trinajstić information content (AvgIpc) is 2.73. The Hall–Kier alpha value is -3.88. The number of ether oxygens (including phenoxy) is 3. The van der Waals surface area contributed by atoms with E-state index >= 15 is 0 Å². The summed E-state index contributed by atoms with van der Waals surface area (Å²) in [6, 6.07) is 5.56. The molecule has 0 spiro atoms. The first-order valence-electron chi connectivity index (χ1n) is 9.61. The SMILES string of the molecule is COc1cc2nc(Nc3nc4c(C)cc(C)cc4c(=O)[nH]3)nc(C)c2c(OC)c1OC. The molecule has 0 bridgehead atoms. The molecule has 4 rings (SSSR count). The van der Waals surface area contributed by atoms with Crippen LogP contribution >= 0.6 is 0 Å². The largest absolute Gasteiger partial charge is 0.493 e. The van der Waals surface area contributed by atoms with E-state index in [1.165, 1.54) is 0 Å². The monoisotopic (exact) mass is 421 g/mol. The molecule has 2 aromatic heterocycles. The molecule has 0 saturated carbocycles. The van der Waals surface area contributed by atoms with Gasteiger partial charge in [0.1, 0.15) is 0 Å². The molecule has 0 amide bonds. The third-order valence-electron chi connectivity index (χ3n) is 5.05. The molecule has 31 heavy (non-hydrogen) atoms. The number of hydrogen-bond donors (Lipinski definition) is 2. The van der Waals surface area contributed by atoms with E-state index in [4.69, 9.17) is 14.2 Å². The number of fused-ring (bicyclic) bond motifs is 2. The lowest BCUT2D eigenvalue weighted by molar-refractivity contribution is 0.327. The van der Waals surface area contributed by atoms with E-state index in [1.807, 2.05) is 32.9 Å². The molecule has 0 aliphatic carbocycles. The first-order chi connectivity index (χ1) is 14.9. The van der Waals surface area contributed by atoms with Crippen LogP contribution in [0.2, 0.25) is 0 Å². The lowest BCUT2D eigenvalue weighted by atomic mass is 10.1. The molecule has 0 fully saturated rings. The number of aromatic amines is 1. The highest BCUT2D eigenvalue weighted by atomic mass is 16.5. The summed E-state index contributed by atoms with van der Waals surface area (Å²) in [4.78, 5) is 29.0. The van der Waals surface area contributed by atoms with Crippen molar-refractivity contribution >= 4 is 33.7 Å². The van der Waals surface area contributed by atoms with E-state index in [0.29, 0.717) is 44.7 Å². The van der Waals surface area contributed by atoms with Crippen LogP contribution in [0.5, 0.6) is 17.2 Å². The van der Waals surface area contributed by atoms with Crippen molar-refractivity contribution in [2.24, 2.45) is 0 Å². The second-order valence-corrected chi connectivity index (χ2v) is 7.19. The molecule has 2 aromatic carbocycles. The van der Waals surface area contributed by atoms with Gasteiger partial charge in [-0.05, 0) is 38.0 Å². The Balaban J connectivity index is 1.85. The molecule has 0 aliphatic rings. The highest BCUT2D eigenvalue weighted by Gasteiger charge is 2.20. The van der Waals surface area contributed by atoms with Gasteiger partial charge in [-0.25, -0.2) is 15.0 Å². The molecule has 2 heterocycles. The van der Waals surface area contributed by atoms with Crippen molar-refractivity contribution in [1.29, 1.82) is 0 Å². The molecular formula is C22H23N5O4. The highest BCUT2D eigenvalue weighted by Crippen LogP contribution is 2.43. The first-order valence-corrected chi connectivity index (χ1v) is 9.61. The van der Waals surface area contributed by atoms with Gasteiger partial charge in [0.25, 0.3) is 5.56 Å². The van der Waals surface area contributed by atoms with Crippen molar-refractivity contribution in [2.45, 2.75) is 20.8 Å². The second-order valence-electron chi connectivity index (χ2n) is 7.19. The number of nitrogens with zero attached hydrogens (tertiary/aromatic N) is 3. The summed E-state index contributed by atoms with van der Waals surface area (Å²) in [5.74, 6) is 1.99. The van der Waals surface area contributed by atoms with E-state index in [1.54, 1.807) is 27.4 Å². The van der Waals surface area contributed by atoms with Crippen LogP contribution in [0.3, 0.4) is 0 Å². The highest BCUT2D eigenvalue weighted by molar-refractivity contribution is 5.93. The molecule has 0 radical (unpaired) electrons. The van der Waals surface area contributed by atoms with Crippen molar-refractivity contribution in [3.05, 3.63) is 45.4 Å². The van der Waals surface area contributed by atoms with Crippen LogP contribution in [0.25, 0.3) is 21.8 Å². The summed E-state index contributed by atoms with van der Waals surface area (Å²) >= 11 is 0. The van der Waals surface area contributed by atoms with Gasteiger partial charge >= 0.3 is 0 Å². The number of aromatic nitrogens is 4. The minimum absolute atomic E-state index is 0.232. The van der Waals surface area contributed by atoms with Crippen LogP contribution in [-0.4, -0.2) is 41.3 Å². The lowest BCUT2D eigenvalue weighted by Gasteiger charge is -2.16. The van der Waals surface area contributed by atoms with Crippen LogP contribution in [0, 0.1) is 20.8 Å². The van der Waals surface area contributed by atoms with Gasteiger partial charge in [-0.3, -0.25) is 15.1 Å². The summed E-state index contributed by atoms with van der Waals surface area (Å²) in [5, 5.41) is 4.26. The number of anilines is 2. The smallest absolute Gasteiger partial charge is 0.260 e. The number of aryl methyl sites for hydroxylation is 3. The van der Waals surface area contributed by atoms with Gasteiger partial charge < -0.3 is 14.2 Å². The summed E-state index contributed by atoms with van der Waals surface area (Å²) in [7, 11) is 4.64. The van der Waals surface area contributed by atoms with Crippen molar-refractivity contribution in [3.8, 4) is 17.2 Å². The number of hydrogen-bond acceptors (Lipinski definition) is 8. The van der Waals surface area contributed by atoms with Gasteiger partial charge in [-0.1, -0.05) is 6.07 Å². The molecule has 2 N–H and O–H groups in total. The molecule has 9 heteroatoms. The number of H-pyrrole nitrogens is 1. The van der Waals surface area contributed by atoms with Crippen LogP contribution < -0.4 is 25.1 Å². The third kappa shape index (κ3) is 3.48. The van der Waals surface area contributed by atoms with E-state index in [9.17, 15) is 4.79 Å². The normalized spacial score (nSPS) is 11.0. The Morgan fingerprint density at radius 1 is 0.903 bits per heavy atom. The maximum Gasteiger partial charge on any atom is 0.260 e. The molecule has 4 aromatic rings. The summed E-state index contributed by atoms with van der Waals surface area (Å²) in [6.07, 6.45) is 0. The summed E-state index contributed by atoms with van der Waals surface area (Å²) in [5.41, 5.74) is 3.58. The second kappa shape index (κ2) is 7.75. The lowest BCUT2D eigenvalue weighted by Crippen LogP contribution is -2.13. The molecule has 160 valence electrons. The zero-order valence-electron chi connectivity index (χ0n) is 18.2. The van der Waals surface area contributed by atoms with Crippen molar-refractivity contribution < 1.29 is 14.2 Å². The van der Waals surface area contributed by atoms with Gasteiger partial charge in [0.2, 0.25) is 17.6 Å². The molecule has 0 atom stereocenters. The predicted molar refractivity (Wildman–Crippen MR) is 119 cm³/mol. The van der Waals surface area contributed by atoms with Crippen molar-refractivity contribution in [1.82, 2.24) is 19.9 Å². The number of methoxy groups -OCH3 is 3. The van der Waals surface area contributed by atoms with E-state index in [-0.39, 0.29) is 17.5 Å². The van der Waals surface area contributed by atoms with Gasteiger partial charge in [0.15, 0.2) is 11.5 Å². The minimum atomic E-state index is -0.232. The Bertz CT molecular complexity index is 1380. The zero-order valence-corrected chi connectivity index (χ0v) is 18.2. The van der Waals surface area contributed by atoms with Gasteiger partial charge in [-0.2, -0.15) is 0 Å². The maximum atomic E-state index is 12.6. The fraction of sp³-hybridized carbons (Fsp3) is 0.273. The Morgan fingerprint density at radius 2 is 1.65 bits per heavy atom. The van der Waals surface area contributed by atoms with Gasteiger partial charge in [0.05, 0.1) is 48.8 Å². The fourth-order valence-corrected chi connectivity index (χ4v) is 3.75. The number of nitrogens with one attached hydrogen (secondary N) is 2. The number of rotatable bonds is 5. The van der Waals surface area contributed by atoms with Crippen LogP contribution in [-0.2, 0) is 0 Å². The summed E-state index contributed by atoms with van der Waals surface area (Å²) < 4.78 is 16.4. The Labute approximate surface area is 178 Å². The van der Waals surface area contributed by atoms with Gasteiger partial charge in [-0.15, -0.1) is 0 Å². The molecule has 0 unspecified atom stereocenters. The van der Waals surface area contributed by atoms with E-state index in [2.05, 4.69) is 25.3 Å². The minimum Gasteiger partial charge on any atom is -0.493 e. The third-order valence-corrected chi connectivity index (χ3v) is 5.05. The average molecular weight is 421 g/mol. The standard InChI is InChI=1S/C22H23N5O4/c1-10-7-11(2)17-13(8-10)20(28)26-22(25-17)27-21-23-12(3)16-14(24-21)9-15(29-4)18(30-5)19(16)31-6/h7-9H,1-6H3,(H2,23,24,25,26,27,28). The van der Waals surface area contributed by atoms with E-state index in [0.717, 1.165) is 11.1 Å². The van der Waals surface area contributed by atoms with Crippen LogP contribution in [0.4, 0.5) is 11.9 Å². The molecule has 0 aliphatic heterocycles. The number of benzene rings is 2. The Kier molecular flexibility index (Phi) is 5.10. The predicted octanol–water partition coefficient (Wildman–Crippen LogP) is 3.56. The van der Waals surface area contributed by atoms with Crippen LogP contribution in [0.15, 0.2) is 23.0 Å². The maximum absolute atomic E-state index is 12.6. The van der Waals surface area contributed by atoms with Crippen molar-refractivity contribution in [3.63, 3.8) is 0 Å². The van der Waals surface area contributed by atoms with Gasteiger partial charge in [0, 0.05) is 6.07 Å².